The molecule has 1 fully saturated rings. The summed E-state index contributed by atoms with van der Waals surface area (Å²) in [6.07, 6.45) is 2.41. The standard InChI is InChI=1S/C25H30N2O4/c1-15(28)31-18-10-11-22-20(12-18)19-13-23(29-4)24(30-5)14-21(19)25(26-22)16-6-8-17(9-7-16)27(2)3/h6-9,13-14,18,20,22H,10-12H2,1-5H3. The zero-order valence-electron chi connectivity index (χ0n) is 18.8. The van der Waals surface area contributed by atoms with Crippen molar-refractivity contribution in [3.63, 3.8) is 0 Å². The van der Waals surface area contributed by atoms with E-state index in [-0.39, 0.29) is 24.0 Å². The lowest BCUT2D eigenvalue weighted by Crippen LogP contribution is -2.36. The van der Waals surface area contributed by atoms with Crippen LogP contribution in [0, 0.1) is 0 Å². The van der Waals surface area contributed by atoms with Crippen molar-refractivity contribution in [2.75, 3.05) is 33.2 Å². The van der Waals surface area contributed by atoms with Crippen LogP contribution in [0.15, 0.2) is 41.4 Å². The minimum atomic E-state index is -0.225. The summed E-state index contributed by atoms with van der Waals surface area (Å²) in [7, 11) is 7.37. The number of anilines is 1. The van der Waals surface area contributed by atoms with E-state index >= 15 is 0 Å². The molecule has 2 aliphatic rings. The Kier molecular flexibility index (Phi) is 5.90. The highest BCUT2D eigenvalue weighted by molar-refractivity contribution is 6.15. The van der Waals surface area contributed by atoms with E-state index in [0.717, 1.165) is 41.8 Å². The number of nitrogens with zero attached hydrogens (tertiary/aromatic N) is 2. The van der Waals surface area contributed by atoms with Crippen LogP contribution >= 0.6 is 0 Å². The summed E-state index contributed by atoms with van der Waals surface area (Å²) in [4.78, 5) is 18.8. The quantitative estimate of drug-likeness (QED) is 0.677. The molecule has 0 saturated heterocycles. The molecule has 4 rings (SSSR count). The molecule has 0 aromatic heterocycles. The van der Waals surface area contributed by atoms with Gasteiger partial charge in [-0.15, -0.1) is 0 Å². The Morgan fingerprint density at radius 1 is 1.03 bits per heavy atom. The first kappa shape index (κ1) is 21.2. The second-order valence-corrected chi connectivity index (χ2v) is 8.43. The minimum Gasteiger partial charge on any atom is -0.493 e. The Labute approximate surface area is 183 Å². The normalized spacial score (nSPS) is 22.0. The summed E-state index contributed by atoms with van der Waals surface area (Å²) in [6.45, 7) is 1.47. The van der Waals surface area contributed by atoms with E-state index in [1.165, 1.54) is 12.5 Å². The summed E-state index contributed by atoms with van der Waals surface area (Å²) in [5.74, 6) is 1.35. The van der Waals surface area contributed by atoms with Gasteiger partial charge in [-0.3, -0.25) is 9.79 Å². The molecule has 6 heteroatoms. The number of methoxy groups -OCH3 is 2. The molecule has 2 aromatic carbocycles. The predicted octanol–water partition coefficient (Wildman–Crippen LogP) is 4.19. The Bertz CT molecular complexity index is 997. The lowest BCUT2D eigenvalue weighted by atomic mass is 9.74. The van der Waals surface area contributed by atoms with Gasteiger partial charge in [0.05, 0.1) is 26.0 Å². The van der Waals surface area contributed by atoms with Gasteiger partial charge >= 0.3 is 5.97 Å². The molecule has 1 aliphatic heterocycles. The van der Waals surface area contributed by atoms with Crippen LogP contribution in [0.5, 0.6) is 11.5 Å². The van der Waals surface area contributed by atoms with Gasteiger partial charge in [0.25, 0.3) is 0 Å². The van der Waals surface area contributed by atoms with Crippen LogP contribution in [0.1, 0.15) is 48.8 Å². The summed E-state index contributed by atoms with van der Waals surface area (Å²) in [5.41, 5.74) is 5.45. The molecule has 6 nitrogen and oxygen atoms in total. The van der Waals surface area contributed by atoms with Crippen molar-refractivity contribution in [1.82, 2.24) is 0 Å². The number of aliphatic imine (C=N–C) groups is 1. The molecule has 3 atom stereocenters. The van der Waals surface area contributed by atoms with E-state index < -0.39 is 0 Å². The first-order chi connectivity index (χ1) is 14.9. The zero-order valence-corrected chi connectivity index (χ0v) is 18.8. The number of hydrogen-bond acceptors (Lipinski definition) is 6. The van der Waals surface area contributed by atoms with E-state index in [2.05, 4.69) is 35.2 Å². The van der Waals surface area contributed by atoms with Crippen LogP contribution in [0.25, 0.3) is 0 Å². The van der Waals surface area contributed by atoms with E-state index in [0.29, 0.717) is 11.5 Å². The van der Waals surface area contributed by atoms with Crippen LogP contribution in [0.4, 0.5) is 5.69 Å². The molecule has 0 bridgehead atoms. The highest BCUT2D eigenvalue weighted by atomic mass is 16.5. The molecule has 1 saturated carbocycles. The van der Waals surface area contributed by atoms with Gasteiger partial charge in [0.2, 0.25) is 0 Å². The number of rotatable bonds is 5. The molecule has 1 aliphatic carbocycles. The number of carbonyl (C=O) groups is 1. The lowest BCUT2D eigenvalue weighted by Gasteiger charge is -2.38. The third-order valence-electron chi connectivity index (χ3n) is 6.26. The van der Waals surface area contributed by atoms with E-state index in [9.17, 15) is 4.79 Å². The second kappa shape index (κ2) is 8.61. The fourth-order valence-electron chi connectivity index (χ4n) is 4.74. The summed E-state index contributed by atoms with van der Waals surface area (Å²) < 4.78 is 16.7. The molecule has 3 unspecified atom stereocenters. The third-order valence-corrected chi connectivity index (χ3v) is 6.26. The van der Waals surface area contributed by atoms with Gasteiger partial charge in [-0.2, -0.15) is 0 Å². The molecule has 1 heterocycles. The highest BCUT2D eigenvalue weighted by Gasteiger charge is 2.38. The Hall–Kier alpha value is -3.02. The van der Waals surface area contributed by atoms with E-state index in [1.54, 1.807) is 14.2 Å². The first-order valence-corrected chi connectivity index (χ1v) is 10.7. The predicted molar refractivity (Wildman–Crippen MR) is 122 cm³/mol. The van der Waals surface area contributed by atoms with E-state index in [1.807, 2.05) is 20.2 Å². The summed E-state index contributed by atoms with van der Waals surface area (Å²) >= 11 is 0. The summed E-state index contributed by atoms with van der Waals surface area (Å²) in [6, 6.07) is 12.7. The molecular weight excluding hydrogens is 392 g/mol. The van der Waals surface area contributed by atoms with Crippen LogP contribution in [-0.4, -0.2) is 52.1 Å². The van der Waals surface area contributed by atoms with Crippen molar-refractivity contribution in [3.8, 4) is 11.5 Å². The average Bonchev–Trinajstić information content (AvgIpc) is 2.77. The third kappa shape index (κ3) is 4.11. The highest BCUT2D eigenvalue weighted by Crippen LogP contribution is 2.45. The van der Waals surface area contributed by atoms with E-state index in [4.69, 9.17) is 19.2 Å². The van der Waals surface area contributed by atoms with Crippen molar-refractivity contribution in [3.05, 3.63) is 53.1 Å². The van der Waals surface area contributed by atoms with Crippen molar-refractivity contribution >= 4 is 17.4 Å². The number of hydrogen-bond donors (Lipinski definition) is 0. The molecular formula is C25H30N2O4. The Balaban J connectivity index is 1.80. The number of ether oxygens (including phenoxy) is 3. The molecule has 0 N–H and O–H groups in total. The summed E-state index contributed by atoms with van der Waals surface area (Å²) in [5, 5.41) is 0. The Morgan fingerprint density at radius 2 is 1.71 bits per heavy atom. The maximum Gasteiger partial charge on any atom is 0.302 e. The van der Waals surface area contributed by atoms with Gasteiger partial charge in [0.1, 0.15) is 6.10 Å². The number of carbonyl (C=O) groups excluding carboxylic acids is 1. The molecule has 31 heavy (non-hydrogen) atoms. The SMILES string of the molecule is COc1cc2c(cc1OC)C1CC(OC(C)=O)CCC1N=C2c1ccc(N(C)C)cc1. The second-order valence-electron chi connectivity index (χ2n) is 8.43. The molecule has 0 radical (unpaired) electrons. The minimum absolute atomic E-state index is 0.0733. The van der Waals surface area contributed by atoms with Crippen LogP contribution in [0.2, 0.25) is 0 Å². The van der Waals surface area contributed by atoms with Crippen LogP contribution in [-0.2, 0) is 9.53 Å². The largest absolute Gasteiger partial charge is 0.493 e. The van der Waals surface area contributed by atoms with Crippen molar-refractivity contribution < 1.29 is 19.0 Å². The molecule has 0 amide bonds. The van der Waals surface area contributed by atoms with Crippen molar-refractivity contribution in [2.24, 2.45) is 4.99 Å². The number of fused-ring (bicyclic) bond motifs is 3. The maximum absolute atomic E-state index is 11.5. The average molecular weight is 423 g/mol. The molecule has 2 aromatic rings. The zero-order chi connectivity index (χ0) is 22.1. The smallest absolute Gasteiger partial charge is 0.302 e. The van der Waals surface area contributed by atoms with Crippen molar-refractivity contribution in [2.45, 2.75) is 44.2 Å². The number of benzene rings is 2. The van der Waals surface area contributed by atoms with Crippen molar-refractivity contribution in [1.29, 1.82) is 0 Å². The van der Waals surface area contributed by atoms with Crippen LogP contribution < -0.4 is 14.4 Å². The monoisotopic (exact) mass is 422 g/mol. The Morgan fingerprint density at radius 3 is 2.32 bits per heavy atom. The first-order valence-electron chi connectivity index (χ1n) is 10.7. The van der Waals surface area contributed by atoms with Gasteiger partial charge in [-0.25, -0.2) is 0 Å². The fraction of sp³-hybridized carbons (Fsp3) is 0.440. The lowest BCUT2D eigenvalue weighted by molar-refractivity contribution is -0.148. The molecule has 0 spiro atoms. The van der Waals surface area contributed by atoms with Gasteiger partial charge in [0, 0.05) is 43.8 Å². The van der Waals surface area contributed by atoms with Gasteiger partial charge < -0.3 is 19.1 Å². The number of esters is 1. The topological polar surface area (TPSA) is 60.4 Å². The van der Waals surface area contributed by atoms with Gasteiger partial charge in [0.15, 0.2) is 11.5 Å². The van der Waals surface area contributed by atoms with Gasteiger partial charge in [-0.05, 0) is 49.1 Å². The molecule has 164 valence electrons. The van der Waals surface area contributed by atoms with Crippen LogP contribution in [0.3, 0.4) is 0 Å². The van der Waals surface area contributed by atoms with Gasteiger partial charge in [-0.1, -0.05) is 12.1 Å². The maximum atomic E-state index is 11.5. The fourth-order valence-corrected chi connectivity index (χ4v) is 4.74.